The summed E-state index contributed by atoms with van der Waals surface area (Å²) in [7, 11) is 0. The molecule has 2 unspecified atom stereocenters. The average Bonchev–Trinajstić information content (AvgIpc) is 2.96. The van der Waals surface area contributed by atoms with Crippen molar-refractivity contribution in [3.63, 3.8) is 0 Å². The molecule has 1 aliphatic rings. The van der Waals surface area contributed by atoms with Crippen LogP contribution in [0.2, 0.25) is 0 Å². The molecule has 1 amide bonds. The Morgan fingerprint density at radius 3 is 2.48 bits per heavy atom. The molecule has 1 fully saturated rings. The predicted molar refractivity (Wildman–Crippen MR) is 93.8 cm³/mol. The van der Waals surface area contributed by atoms with Crippen LogP contribution in [-0.2, 0) is 4.79 Å². The number of nitrogens with zero attached hydrogens (tertiary/aromatic N) is 3. The third-order valence-electron chi connectivity index (χ3n) is 4.89. The molecule has 25 heavy (non-hydrogen) atoms. The number of carbonyl (C=O) groups excluding carboxylic acids is 1. The molecule has 132 valence electrons. The lowest BCUT2D eigenvalue weighted by molar-refractivity contribution is -0.145. The zero-order valence-corrected chi connectivity index (χ0v) is 14.8. The van der Waals surface area contributed by atoms with E-state index in [2.05, 4.69) is 5.10 Å². The van der Waals surface area contributed by atoms with Crippen molar-refractivity contribution in [1.82, 2.24) is 14.7 Å². The number of rotatable bonds is 3. The zero-order chi connectivity index (χ0) is 18.1. The molecule has 1 aromatic heterocycles. The van der Waals surface area contributed by atoms with Crippen LogP contribution >= 0.6 is 0 Å². The standard InChI is InChI=1S/C19H23N3O3/c1-12-4-6-15(7-5-12)22-14(3)10-17(20-22)18(23)21-9-8-16(19(24)25)13(2)11-21/h4-7,10,13,16H,8-9,11H2,1-3H3,(H,24,25). The van der Waals surface area contributed by atoms with Gasteiger partial charge >= 0.3 is 5.97 Å². The molecule has 2 heterocycles. The van der Waals surface area contributed by atoms with Crippen LogP contribution in [0.15, 0.2) is 30.3 Å². The van der Waals surface area contributed by atoms with Gasteiger partial charge in [0.05, 0.1) is 11.6 Å². The Balaban J connectivity index is 1.79. The minimum Gasteiger partial charge on any atom is -0.481 e. The molecule has 1 N–H and O–H groups in total. The van der Waals surface area contributed by atoms with Gasteiger partial charge in [-0.05, 0) is 44.4 Å². The average molecular weight is 341 g/mol. The number of aliphatic carboxylic acids is 1. The number of likely N-dealkylation sites (tertiary alicyclic amines) is 1. The maximum absolute atomic E-state index is 12.8. The summed E-state index contributed by atoms with van der Waals surface area (Å²) in [6.07, 6.45) is 0.486. The van der Waals surface area contributed by atoms with Gasteiger partial charge in [0.25, 0.3) is 5.91 Å². The largest absolute Gasteiger partial charge is 0.481 e. The number of carboxylic acid groups (broad SMARTS) is 1. The van der Waals surface area contributed by atoms with Crippen LogP contribution in [0.25, 0.3) is 5.69 Å². The second-order valence-corrected chi connectivity index (χ2v) is 6.88. The van der Waals surface area contributed by atoms with Crippen molar-refractivity contribution in [2.45, 2.75) is 27.2 Å². The minimum atomic E-state index is -0.779. The van der Waals surface area contributed by atoms with E-state index in [-0.39, 0.29) is 17.7 Å². The Hall–Kier alpha value is -2.63. The number of aryl methyl sites for hydroxylation is 2. The summed E-state index contributed by atoms with van der Waals surface area (Å²) in [5, 5.41) is 13.7. The van der Waals surface area contributed by atoms with E-state index in [0.29, 0.717) is 25.2 Å². The fourth-order valence-corrected chi connectivity index (χ4v) is 3.39. The summed E-state index contributed by atoms with van der Waals surface area (Å²) in [5.74, 6) is -1.35. The highest BCUT2D eigenvalue weighted by atomic mass is 16.4. The van der Waals surface area contributed by atoms with E-state index in [1.54, 1.807) is 15.6 Å². The molecule has 0 spiro atoms. The van der Waals surface area contributed by atoms with Gasteiger partial charge in [0, 0.05) is 18.8 Å². The predicted octanol–water partition coefficient (Wildman–Crippen LogP) is 2.67. The molecule has 2 atom stereocenters. The second kappa shape index (κ2) is 6.70. The number of carboxylic acids is 1. The number of amides is 1. The number of hydrogen-bond acceptors (Lipinski definition) is 3. The molecular weight excluding hydrogens is 318 g/mol. The van der Waals surface area contributed by atoms with Crippen molar-refractivity contribution < 1.29 is 14.7 Å². The molecule has 1 aromatic carbocycles. The Bertz CT molecular complexity index is 795. The lowest BCUT2D eigenvalue weighted by Gasteiger charge is -2.34. The van der Waals surface area contributed by atoms with E-state index in [4.69, 9.17) is 0 Å². The molecule has 0 bridgehead atoms. The van der Waals surface area contributed by atoms with Crippen LogP contribution in [0, 0.1) is 25.7 Å². The van der Waals surface area contributed by atoms with Crippen LogP contribution in [0.5, 0.6) is 0 Å². The van der Waals surface area contributed by atoms with Crippen molar-refractivity contribution in [3.05, 3.63) is 47.3 Å². The number of benzene rings is 1. The number of carbonyl (C=O) groups is 2. The van der Waals surface area contributed by atoms with Crippen LogP contribution in [0.3, 0.4) is 0 Å². The monoisotopic (exact) mass is 341 g/mol. The lowest BCUT2D eigenvalue weighted by atomic mass is 9.87. The second-order valence-electron chi connectivity index (χ2n) is 6.88. The van der Waals surface area contributed by atoms with E-state index >= 15 is 0 Å². The first-order valence-corrected chi connectivity index (χ1v) is 8.52. The summed E-state index contributed by atoms with van der Waals surface area (Å²) < 4.78 is 1.76. The van der Waals surface area contributed by atoms with Crippen LogP contribution in [-0.4, -0.2) is 44.8 Å². The van der Waals surface area contributed by atoms with Crippen LogP contribution in [0.4, 0.5) is 0 Å². The Kier molecular flexibility index (Phi) is 4.61. The van der Waals surface area contributed by atoms with Crippen molar-refractivity contribution in [2.75, 3.05) is 13.1 Å². The quantitative estimate of drug-likeness (QED) is 0.931. The molecule has 6 nitrogen and oxygen atoms in total. The summed E-state index contributed by atoms with van der Waals surface area (Å²) in [6.45, 7) is 6.73. The molecule has 0 radical (unpaired) electrons. The Morgan fingerprint density at radius 1 is 1.20 bits per heavy atom. The van der Waals surface area contributed by atoms with Gasteiger partial charge < -0.3 is 10.0 Å². The van der Waals surface area contributed by atoms with Gasteiger partial charge in [-0.25, -0.2) is 4.68 Å². The lowest BCUT2D eigenvalue weighted by Crippen LogP contribution is -2.45. The van der Waals surface area contributed by atoms with Crippen molar-refractivity contribution >= 4 is 11.9 Å². The van der Waals surface area contributed by atoms with Crippen LogP contribution in [0.1, 0.15) is 35.1 Å². The van der Waals surface area contributed by atoms with Gasteiger partial charge in [-0.2, -0.15) is 5.10 Å². The highest BCUT2D eigenvalue weighted by molar-refractivity contribution is 5.92. The molecule has 0 aliphatic carbocycles. The number of aromatic nitrogens is 2. The Morgan fingerprint density at radius 2 is 1.88 bits per heavy atom. The Labute approximate surface area is 147 Å². The molecule has 1 saturated heterocycles. The molecule has 0 saturated carbocycles. The van der Waals surface area contributed by atoms with E-state index in [1.165, 1.54) is 5.56 Å². The summed E-state index contributed by atoms with van der Waals surface area (Å²) in [5.41, 5.74) is 3.37. The normalized spacial score (nSPS) is 20.5. The minimum absolute atomic E-state index is 0.0597. The third kappa shape index (κ3) is 3.43. The molecule has 3 rings (SSSR count). The topological polar surface area (TPSA) is 75.4 Å². The SMILES string of the molecule is Cc1ccc(-n2nc(C(=O)N3CCC(C(=O)O)C(C)C3)cc2C)cc1. The smallest absolute Gasteiger partial charge is 0.306 e. The van der Waals surface area contributed by atoms with Gasteiger partial charge in [0.2, 0.25) is 0 Å². The molecule has 1 aliphatic heterocycles. The first-order chi connectivity index (χ1) is 11.9. The maximum atomic E-state index is 12.8. The fraction of sp³-hybridized carbons (Fsp3) is 0.421. The number of hydrogen-bond donors (Lipinski definition) is 1. The summed E-state index contributed by atoms with van der Waals surface area (Å²) >= 11 is 0. The zero-order valence-electron chi connectivity index (χ0n) is 14.8. The summed E-state index contributed by atoms with van der Waals surface area (Å²) in [6, 6.07) is 9.76. The summed E-state index contributed by atoms with van der Waals surface area (Å²) in [4.78, 5) is 25.7. The van der Waals surface area contributed by atoms with Gasteiger partial charge in [-0.1, -0.05) is 24.6 Å². The van der Waals surface area contributed by atoms with Crippen molar-refractivity contribution in [3.8, 4) is 5.69 Å². The van der Waals surface area contributed by atoms with Gasteiger partial charge in [-0.15, -0.1) is 0 Å². The van der Waals surface area contributed by atoms with E-state index < -0.39 is 5.97 Å². The third-order valence-corrected chi connectivity index (χ3v) is 4.89. The van der Waals surface area contributed by atoms with E-state index in [0.717, 1.165) is 11.4 Å². The van der Waals surface area contributed by atoms with E-state index in [9.17, 15) is 14.7 Å². The van der Waals surface area contributed by atoms with Gasteiger partial charge in [-0.3, -0.25) is 9.59 Å². The van der Waals surface area contributed by atoms with E-state index in [1.807, 2.05) is 45.0 Å². The van der Waals surface area contributed by atoms with Crippen molar-refractivity contribution in [1.29, 1.82) is 0 Å². The maximum Gasteiger partial charge on any atom is 0.306 e. The highest BCUT2D eigenvalue weighted by Gasteiger charge is 2.34. The first-order valence-electron chi connectivity index (χ1n) is 8.52. The van der Waals surface area contributed by atoms with Gasteiger partial charge in [0.15, 0.2) is 5.69 Å². The fourth-order valence-electron chi connectivity index (χ4n) is 3.39. The van der Waals surface area contributed by atoms with Crippen LogP contribution < -0.4 is 0 Å². The van der Waals surface area contributed by atoms with Gasteiger partial charge in [0.1, 0.15) is 0 Å². The molecule has 6 heteroatoms. The molecular formula is C19H23N3O3. The van der Waals surface area contributed by atoms with Crippen molar-refractivity contribution in [2.24, 2.45) is 11.8 Å². The highest BCUT2D eigenvalue weighted by Crippen LogP contribution is 2.25. The number of piperidine rings is 1. The first kappa shape index (κ1) is 17.2. The molecule has 2 aromatic rings.